The molecule has 1 aliphatic rings. The third-order valence-electron chi connectivity index (χ3n) is 4.85. The van der Waals surface area contributed by atoms with Crippen LogP contribution in [0.1, 0.15) is 17.5 Å². The predicted molar refractivity (Wildman–Crippen MR) is 108 cm³/mol. The van der Waals surface area contributed by atoms with Crippen LogP contribution < -0.4 is 0 Å². The zero-order valence-electron chi connectivity index (χ0n) is 15.8. The van der Waals surface area contributed by atoms with Crippen LogP contribution in [0.2, 0.25) is 5.02 Å². The lowest BCUT2D eigenvalue weighted by molar-refractivity contribution is -0.147. The topological polar surface area (TPSA) is 95.0 Å². The van der Waals surface area contributed by atoms with Crippen LogP contribution in [0.3, 0.4) is 0 Å². The fraction of sp³-hybridized carbons (Fsp3) is 0.300. The number of halogens is 1. The number of carbonyl (C=O) groups is 2. The van der Waals surface area contributed by atoms with E-state index in [9.17, 15) is 23.1 Å². The molecular formula is C20H21ClN2O5S. The van der Waals surface area contributed by atoms with Gasteiger partial charge in [0.2, 0.25) is 15.9 Å². The Morgan fingerprint density at radius 1 is 1.14 bits per heavy atom. The fourth-order valence-corrected chi connectivity index (χ4v) is 5.06. The molecule has 1 N–H and O–H groups in total. The van der Waals surface area contributed by atoms with Gasteiger partial charge in [0, 0.05) is 24.7 Å². The minimum absolute atomic E-state index is 0.00431. The van der Waals surface area contributed by atoms with E-state index in [0.717, 1.165) is 9.87 Å². The molecule has 0 bridgehead atoms. The van der Waals surface area contributed by atoms with Crippen molar-refractivity contribution in [1.29, 1.82) is 0 Å². The molecule has 9 heteroatoms. The molecule has 154 valence electrons. The minimum Gasteiger partial charge on any atom is -0.481 e. The van der Waals surface area contributed by atoms with Gasteiger partial charge >= 0.3 is 5.97 Å². The van der Waals surface area contributed by atoms with Crippen molar-refractivity contribution in [2.75, 3.05) is 13.1 Å². The first-order valence-electron chi connectivity index (χ1n) is 9.02. The molecule has 7 nitrogen and oxygen atoms in total. The summed E-state index contributed by atoms with van der Waals surface area (Å²) in [4.78, 5) is 25.9. The summed E-state index contributed by atoms with van der Waals surface area (Å²) < 4.78 is 27.2. The van der Waals surface area contributed by atoms with Crippen molar-refractivity contribution in [2.45, 2.75) is 30.8 Å². The number of hydrogen-bond acceptors (Lipinski definition) is 4. The van der Waals surface area contributed by atoms with Crippen LogP contribution in [-0.2, 0) is 26.2 Å². The maximum absolute atomic E-state index is 13.1. The van der Waals surface area contributed by atoms with E-state index in [2.05, 4.69) is 0 Å². The van der Waals surface area contributed by atoms with Crippen LogP contribution in [0.4, 0.5) is 0 Å². The molecular weight excluding hydrogens is 416 g/mol. The third kappa shape index (κ3) is 4.60. The normalized spacial score (nSPS) is 18.1. The summed E-state index contributed by atoms with van der Waals surface area (Å²) in [6, 6.07) is 12.0. The first kappa shape index (κ1) is 21.3. The van der Waals surface area contributed by atoms with E-state index in [0.29, 0.717) is 10.6 Å². The van der Waals surface area contributed by atoms with Gasteiger partial charge in [-0.15, -0.1) is 0 Å². The van der Waals surface area contributed by atoms with E-state index in [1.807, 2.05) is 6.92 Å². The predicted octanol–water partition coefficient (Wildman–Crippen LogP) is 2.52. The Labute approximate surface area is 174 Å². The van der Waals surface area contributed by atoms with Gasteiger partial charge in [0.05, 0.1) is 11.3 Å². The number of carbonyl (C=O) groups excluding carboxylic acids is 1. The summed E-state index contributed by atoms with van der Waals surface area (Å²) in [5, 5.41) is 9.77. The number of nitrogens with zero attached hydrogens (tertiary/aromatic N) is 2. The molecule has 1 saturated heterocycles. The van der Waals surface area contributed by atoms with Crippen molar-refractivity contribution < 1.29 is 23.1 Å². The van der Waals surface area contributed by atoms with Crippen LogP contribution >= 0.6 is 11.6 Å². The molecule has 3 rings (SSSR count). The number of carboxylic acid groups (broad SMARTS) is 1. The zero-order chi connectivity index (χ0) is 21.2. The Hall–Kier alpha value is -2.42. The van der Waals surface area contributed by atoms with Gasteiger partial charge in [0.25, 0.3) is 0 Å². The molecule has 0 radical (unpaired) electrons. The molecule has 0 aromatic heterocycles. The van der Waals surface area contributed by atoms with E-state index in [1.54, 1.807) is 36.4 Å². The van der Waals surface area contributed by atoms with Gasteiger partial charge in [-0.05, 0) is 30.7 Å². The monoisotopic (exact) mass is 436 g/mol. The van der Waals surface area contributed by atoms with Crippen molar-refractivity contribution in [3.63, 3.8) is 0 Å². The second kappa shape index (κ2) is 8.52. The van der Waals surface area contributed by atoms with Gasteiger partial charge in [-0.25, -0.2) is 8.42 Å². The van der Waals surface area contributed by atoms with Gasteiger partial charge in [-0.2, -0.15) is 4.31 Å². The van der Waals surface area contributed by atoms with E-state index >= 15 is 0 Å². The number of amides is 1. The number of carboxylic acids is 1. The van der Waals surface area contributed by atoms with Crippen LogP contribution in [0.15, 0.2) is 53.4 Å². The van der Waals surface area contributed by atoms with Crippen LogP contribution in [-0.4, -0.2) is 53.7 Å². The zero-order valence-corrected chi connectivity index (χ0v) is 17.4. The lowest BCUT2D eigenvalue weighted by atomic mass is 10.1. The molecule has 1 aliphatic heterocycles. The lowest BCUT2D eigenvalue weighted by Crippen LogP contribution is -2.58. The molecule has 1 atom stereocenters. The van der Waals surface area contributed by atoms with E-state index in [4.69, 9.17) is 11.6 Å². The highest BCUT2D eigenvalue weighted by atomic mass is 35.5. The van der Waals surface area contributed by atoms with Crippen molar-refractivity contribution >= 4 is 33.5 Å². The second-order valence-corrected chi connectivity index (χ2v) is 9.19. The second-order valence-electron chi connectivity index (χ2n) is 6.89. The van der Waals surface area contributed by atoms with Gasteiger partial charge in [0.1, 0.15) is 6.04 Å². The highest BCUT2D eigenvalue weighted by Gasteiger charge is 2.42. The highest BCUT2D eigenvalue weighted by Crippen LogP contribution is 2.26. The number of sulfonamides is 1. The standard InChI is InChI=1S/C20H21ClN2O5S/c1-14-6-8-16(9-7-14)29(27,28)23-11-10-22(20(26)18(23)12-19(24)25)13-15-4-2-3-5-17(15)21/h2-9,18H,10-13H2,1H3,(H,24,25). The van der Waals surface area contributed by atoms with Crippen LogP contribution in [0.5, 0.6) is 0 Å². The molecule has 0 spiro atoms. The number of piperazine rings is 1. The third-order valence-corrected chi connectivity index (χ3v) is 7.14. The van der Waals surface area contributed by atoms with Gasteiger partial charge < -0.3 is 10.0 Å². The Kier molecular flexibility index (Phi) is 6.26. The first-order valence-corrected chi connectivity index (χ1v) is 10.8. The maximum atomic E-state index is 13.1. The Morgan fingerprint density at radius 2 is 1.79 bits per heavy atom. The Bertz CT molecular complexity index is 1020. The quantitative estimate of drug-likeness (QED) is 0.750. The molecule has 1 amide bonds. The summed E-state index contributed by atoms with van der Waals surface area (Å²) in [5.41, 5.74) is 1.61. The van der Waals surface area contributed by atoms with Gasteiger partial charge in [-0.3, -0.25) is 9.59 Å². The average Bonchev–Trinajstić information content (AvgIpc) is 2.66. The molecule has 2 aromatic rings. The maximum Gasteiger partial charge on any atom is 0.305 e. The van der Waals surface area contributed by atoms with Crippen molar-refractivity contribution in [3.05, 3.63) is 64.7 Å². The molecule has 1 unspecified atom stereocenters. The number of hydrogen-bond donors (Lipinski definition) is 1. The average molecular weight is 437 g/mol. The number of aliphatic carboxylic acids is 1. The van der Waals surface area contributed by atoms with Crippen molar-refractivity contribution in [2.24, 2.45) is 0 Å². The smallest absolute Gasteiger partial charge is 0.305 e. The molecule has 2 aromatic carbocycles. The lowest BCUT2D eigenvalue weighted by Gasteiger charge is -2.39. The van der Waals surface area contributed by atoms with E-state index in [1.165, 1.54) is 17.0 Å². The number of aryl methyl sites for hydroxylation is 1. The Balaban J connectivity index is 1.90. The van der Waals surface area contributed by atoms with Crippen molar-refractivity contribution in [3.8, 4) is 0 Å². The summed E-state index contributed by atoms with van der Waals surface area (Å²) in [6.07, 6.45) is -0.608. The first-order chi connectivity index (χ1) is 13.7. The molecule has 0 aliphatic carbocycles. The Morgan fingerprint density at radius 3 is 2.41 bits per heavy atom. The molecule has 1 fully saturated rings. The minimum atomic E-state index is -4.01. The summed E-state index contributed by atoms with van der Waals surface area (Å²) in [6.45, 7) is 2.17. The summed E-state index contributed by atoms with van der Waals surface area (Å²) in [7, 11) is -4.01. The fourth-order valence-electron chi connectivity index (χ4n) is 3.30. The summed E-state index contributed by atoms with van der Waals surface area (Å²) in [5.74, 6) is -1.79. The van der Waals surface area contributed by atoms with Crippen LogP contribution in [0.25, 0.3) is 0 Å². The van der Waals surface area contributed by atoms with Gasteiger partial charge in [-0.1, -0.05) is 47.5 Å². The van der Waals surface area contributed by atoms with Crippen molar-refractivity contribution in [1.82, 2.24) is 9.21 Å². The number of rotatable bonds is 6. The van der Waals surface area contributed by atoms with E-state index < -0.39 is 34.4 Å². The SMILES string of the molecule is Cc1ccc(S(=O)(=O)N2CCN(Cc3ccccc3Cl)C(=O)C2CC(=O)O)cc1. The molecule has 0 saturated carbocycles. The molecule has 1 heterocycles. The number of benzene rings is 2. The summed E-state index contributed by atoms with van der Waals surface area (Å²) >= 11 is 6.17. The van der Waals surface area contributed by atoms with E-state index in [-0.39, 0.29) is 24.5 Å². The largest absolute Gasteiger partial charge is 0.481 e. The van der Waals surface area contributed by atoms with Crippen LogP contribution in [0, 0.1) is 6.92 Å². The highest BCUT2D eigenvalue weighted by molar-refractivity contribution is 7.89. The van der Waals surface area contributed by atoms with Gasteiger partial charge in [0.15, 0.2) is 0 Å². The molecule has 29 heavy (non-hydrogen) atoms.